The van der Waals surface area contributed by atoms with Gasteiger partial charge in [0.2, 0.25) is 0 Å². The van der Waals surface area contributed by atoms with Crippen molar-refractivity contribution in [3.63, 3.8) is 0 Å². The van der Waals surface area contributed by atoms with Crippen LogP contribution in [-0.2, 0) is 9.31 Å². The van der Waals surface area contributed by atoms with Gasteiger partial charge >= 0.3 is 7.12 Å². The van der Waals surface area contributed by atoms with Crippen LogP contribution in [0.4, 0.5) is 0 Å². The Morgan fingerprint density at radius 3 is 2.30 bits per heavy atom. The Bertz CT molecular complexity index is 614. The normalized spacial score (nSPS) is 23.7. The van der Waals surface area contributed by atoms with Gasteiger partial charge in [-0.3, -0.25) is 0 Å². The molecule has 0 aromatic heterocycles. The largest absolute Gasteiger partial charge is 0.494 e. The molecular formula is C18H25BN2O2. The SMILES string of the molecule is CC1(C)OB(c2ccc(C3CCNCC3)c(C#N)c2)OC1(C)C. The van der Waals surface area contributed by atoms with Crippen LogP contribution in [0.3, 0.4) is 0 Å². The third kappa shape index (κ3) is 3.04. The fourth-order valence-corrected chi connectivity index (χ4v) is 3.29. The van der Waals surface area contributed by atoms with E-state index in [-0.39, 0.29) is 11.2 Å². The van der Waals surface area contributed by atoms with Crippen molar-refractivity contribution in [1.82, 2.24) is 5.32 Å². The fourth-order valence-electron chi connectivity index (χ4n) is 3.29. The summed E-state index contributed by atoms with van der Waals surface area (Å²) in [5, 5.41) is 12.9. The average Bonchev–Trinajstić information content (AvgIpc) is 2.75. The molecule has 0 spiro atoms. The van der Waals surface area contributed by atoms with Crippen molar-refractivity contribution >= 4 is 12.6 Å². The standard InChI is InChI=1S/C18H25BN2O2/c1-17(2)18(3,4)23-19(22-17)15-5-6-16(14(11-15)12-20)13-7-9-21-10-8-13/h5-6,11,13,21H,7-10H2,1-4H3. The quantitative estimate of drug-likeness (QED) is 0.852. The first-order valence-electron chi connectivity index (χ1n) is 8.44. The van der Waals surface area contributed by atoms with E-state index in [2.05, 4.69) is 23.5 Å². The lowest BCUT2D eigenvalue weighted by Gasteiger charge is -2.32. The molecule has 0 atom stereocenters. The zero-order valence-electron chi connectivity index (χ0n) is 14.5. The van der Waals surface area contributed by atoms with Gasteiger partial charge in [0.15, 0.2) is 0 Å². The molecule has 1 aromatic rings. The van der Waals surface area contributed by atoms with Crippen molar-refractivity contribution in [3.8, 4) is 6.07 Å². The van der Waals surface area contributed by atoms with Gasteiger partial charge in [-0.2, -0.15) is 5.26 Å². The van der Waals surface area contributed by atoms with Crippen molar-refractivity contribution in [1.29, 1.82) is 5.26 Å². The predicted octanol–water partition coefficient (Wildman–Crippen LogP) is 2.32. The lowest BCUT2D eigenvalue weighted by molar-refractivity contribution is 0.00578. The van der Waals surface area contributed by atoms with Gasteiger partial charge in [-0.1, -0.05) is 12.1 Å². The Morgan fingerprint density at radius 1 is 1.13 bits per heavy atom. The maximum Gasteiger partial charge on any atom is 0.494 e. The van der Waals surface area contributed by atoms with Crippen LogP contribution in [0.15, 0.2) is 18.2 Å². The highest BCUT2D eigenvalue weighted by Gasteiger charge is 2.51. The second-order valence-electron chi connectivity index (χ2n) is 7.57. The van der Waals surface area contributed by atoms with E-state index >= 15 is 0 Å². The minimum Gasteiger partial charge on any atom is -0.399 e. The number of benzene rings is 1. The summed E-state index contributed by atoms with van der Waals surface area (Å²) in [5.74, 6) is 0.471. The number of nitrogens with one attached hydrogen (secondary N) is 1. The number of hydrogen-bond donors (Lipinski definition) is 1. The van der Waals surface area contributed by atoms with E-state index < -0.39 is 7.12 Å². The van der Waals surface area contributed by atoms with Crippen molar-refractivity contribution < 1.29 is 9.31 Å². The monoisotopic (exact) mass is 312 g/mol. The van der Waals surface area contributed by atoms with Gasteiger partial charge in [0.05, 0.1) is 22.8 Å². The van der Waals surface area contributed by atoms with Gasteiger partial charge in [-0.25, -0.2) is 0 Å². The first-order valence-corrected chi connectivity index (χ1v) is 8.44. The highest BCUT2D eigenvalue weighted by atomic mass is 16.7. The van der Waals surface area contributed by atoms with Gasteiger partial charge in [0.25, 0.3) is 0 Å². The molecule has 1 aromatic carbocycles. The van der Waals surface area contributed by atoms with Gasteiger partial charge in [-0.05, 0) is 76.6 Å². The zero-order valence-corrected chi connectivity index (χ0v) is 14.5. The number of hydrogen-bond acceptors (Lipinski definition) is 4. The summed E-state index contributed by atoms with van der Waals surface area (Å²) < 4.78 is 12.2. The number of piperidine rings is 1. The van der Waals surface area contributed by atoms with E-state index in [1.54, 1.807) is 0 Å². The van der Waals surface area contributed by atoms with Crippen LogP contribution < -0.4 is 10.8 Å². The maximum absolute atomic E-state index is 9.57. The lowest BCUT2D eigenvalue weighted by Crippen LogP contribution is -2.41. The third-order valence-electron chi connectivity index (χ3n) is 5.50. The molecule has 2 saturated heterocycles. The number of rotatable bonds is 2. The second kappa shape index (κ2) is 5.94. The Balaban J connectivity index is 1.87. The van der Waals surface area contributed by atoms with Gasteiger partial charge in [0.1, 0.15) is 0 Å². The summed E-state index contributed by atoms with van der Waals surface area (Å²) in [6.07, 6.45) is 2.18. The second-order valence-corrected chi connectivity index (χ2v) is 7.57. The van der Waals surface area contributed by atoms with E-state index in [4.69, 9.17) is 9.31 Å². The van der Waals surface area contributed by atoms with E-state index in [1.165, 1.54) is 0 Å². The van der Waals surface area contributed by atoms with Crippen molar-refractivity contribution in [2.24, 2.45) is 0 Å². The Kier molecular flexibility index (Phi) is 4.26. The summed E-state index contributed by atoms with van der Waals surface area (Å²) in [6, 6.07) is 8.46. The zero-order chi connectivity index (χ0) is 16.7. The molecule has 0 bridgehead atoms. The molecule has 0 amide bonds. The van der Waals surface area contributed by atoms with Crippen molar-refractivity contribution in [3.05, 3.63) is 29.3 Å². The number of nitriles is 1. The molecule has 2 fully saturated rings. The molecular weight excluding hydrogens is 287 g/mol. The van der Waals surface area contributed by atoms with E-state index in [0.717, 1.165) is 42.5 Å². The first kappa shape index (κ1) is 16.5. The van der Waals surface area contributed by atoms with Crippen LogP contribution in [0.25, 0.3) is 0 Å². The molecule has 0 unspecified atom stereocenters. The molecule has 4 nitrogen and oxygen atoms in total. The molecule has 1 N–H and O–H groups in total. The predicted molar refractivity (Wildman–Crippen MR) is 91.7 cm³/mol. The summed E-state index contributed by atoms with van der Waals surface area (Å²) in [7, 11) is -0.408. The summed E-state index contributed by atoms with van der Waals surface area (Å²) in [5.41, 5.74) is 2.12. The molecule has 0 aliphatic carbocycles. The molecule has 122 valence electrons. The topological polar surface area (TPSA) is 54.3 Å². The first-order chi connectivity index (χ1) is 10.8. The molecule has 23 heavy (non-hydrogen) atoms. The Morgan fingerprint density at radius 2 is 1.74 bits per heavy atom. The summed E-state index contributed by atoms with van der Waals surface area (Å²) >= 11 is 0. The highest BCUT2D eigenvalue weighted by molar-refractivity contribution is 6.62. The van der Waals surface area contributed by atoms with Crippen LogP contribution in [0.1, 0.15) is 57.6 Å². The van der Waals surface area contributed by atoms with E-state index in [9.17, 15) is 5.26 Å². The molecule has 0 saturated carbocycles. The molecule has 5 heteroatoms. The van der Waals surface area contributed by atoms with E-state index in [0.29, 0.717) is 5.92 Å². The van der Waals surface area contributed by atoms with Gasteiger partial charge in [0, 0.05) is 0 Å². The van der Waals surface area contributed by atoms with Crippen LogP contribution >= 0.6 is 0 Å². The van der Waals surface area contributed by atoms with Crippen LogP contribution in [-0.4, -0.2) is 31.4 Å². The molecule has 2 aliphatic rings. The van der Waals surface area contributed by atoms with Crippen LogP contribution in [0.5, 0.6) is 0 Å². The molecule has 0 radical (unpaired) electrons. The minimum absolute atomic E-state index is 0.363. The van der Waals surface area contributed by atoms with E-state index in [1.807, 2.05) is 33.8 Å². The molecule has 2 heterocycles. The molecule has 3 rings (SSSR count). The number of nitrogens with zero attached hydrogens (tertiary/aromatic N) is 1. The van der Waals surface area contributed by atoms with Crippen molar-refractivity contribution in [2.75, 3.05) is 13.1 Å². The Hall–Kier alpha value is -1.35. The van der Waals surface area contributed by atoms with Crippen molar-refractivity contribution in [2.45, 2.75) is 57.7 Å². The van der Waals surface area contributed by atoms with Gasteiger partial charge in [-0.15, -0.1) is 0 Å². The van der Waals surface area contributed by atoms with Crippen LogP contribution in [0.2, 0.25) is 0 Å². The molecule has 2 aliphatic heterocycles. The minimum atomic E-state index is -0.408. The smallest absolute Gasteiger partial charge is 0.399 e. The Labute approximate surface area is 139 Å². The van der Waals surface area contributed by atoms with Crippen LogP contribution in [0, 0.1) is 11.3 Å². The van der Waals surface area contributed by atoms with Gasteiger partial charge < -0.3 is 14.6 Å². The summed E-state index contributed by atoms with van der Waals surface area (Å²) in [4.78, 5) is 0. The lowest BCUT2D eigenvalue weighted by atomic mass is 9.76. The average molecular weight is 312 g/mol. The summed E-state index contributed by atoms with van der Waals surface area (Å²) in [6.45, 7) is 10.2. The maximum atomic E-state index is 9.57. The fraction of sp³-hybridized carbons (Fsp3) is 0.611. The highest BCUT2D eigenvalue weighted by Crippen LogP contribution is 2.36. The third-order valence-corrected chi connectivity index (χ3v) is 5.50.